The van der Waals surface area contributed by atoms with Gasteiger partial charge < -0.3 is 10.1 Å². The highest BCUT2D eigenvalue weighted by atomic mass is 16.5. The molecule has 2 fully saturated rings. The summed E-state index contributed by atoms with van der Waals surface area (Å²) in [4.78, 5) is 0. The molecule has 0 aromatic carbocycles. The smallest absolute Gasteiger partial charge is 0.0608 e. The van der Waals surface area contributed by atoms with Crippen LogP contribution < -0.4 is 5.32 Å². The van der Waals surface area contributed by atoms with Crippen LogP contribution in [0.15, 0.2) is 0 Å². The van der Waals surface area contributed by atoms with Gasteiger partial charge in [0.15, 0.2) is 0 Å². The van der Waals surface area contributed by atoms with Crippen molar-refractivity contribution in [1.29, 1.82) is 0 Å². The van der Waals surface area contributed by atoms with E-state index in [0.29, 0.717) is 6.10 Å². The lowest BCUT2D eigenvalue weighted by Crippen LogP contribution is -2.36. The van der Waals surface area contributed by atoms with Gasteiger partial charge in [-0.15, -0.1) is 0 Å². The van der Waals surface area contributed by atoms with Gasteiger partial charge in [-0.25, -0.2) is 0 Å². The van der Waals surface area contributed by atoms with Crippen LogP contribution in [0.2, 0.25) is 0 Å². The minimum Gasteiger partial charge on any atom is -0.377 e. The first kappa shape index (κ1) is 13.4. The molecule has 0 aliphatic heterocycles. The molecule has 0 radical (unpaired) electrons. The molecule has 1 N–H and O–H groups in total. The van der Waals surface area contributed by atoms with Crippen LogP contribution in [0.5, 0.6) is 0 Å². The third-order valence-electron chi connectivity index (χ3n) is 4.41. The van der Waals surface area contributed by atoms with Gasteiger partial charge in [-0.3, -0.25) is 0 Å². The maximum absolute atomic E-state index is 6.14. The molecule has 3 atom stereocenters. The van der Waals surface area contributed by atoms with E-state index < -0.39 is 0 Å². The molecule has 0 aromatic heterocycles. The molecule has 0 amide bonds. The van der Waals surface area contributed by atoms with E-state index in [1.807, 2.05) is 0 Å². The van der Waals surface area contributed by atoms with Gasteiger partial charge in [0.1, 0.15) is 0 Å². The third kappa shape index (κ3) is 4.26. The van der Waals surface area contributed by atoms with E-state index in [9.17, 15) is 0 Å². The molecule has 100 valence electrons. The zero-order valence-corrected chi connectivity index (χ0v) is 11.7. The molecule has 2 rings (SSSR count). The van der Waals surface area contributed by atoms with E-state index in [0.717, 1.165) is 36.9 Å². The Morgan fingerprint density at radius 2 is 1.94 bits per heavy atom. The molecular weight excluding hydrogens is 210 g/mol. The molecule has 2 aliphatic carbocycles. The first-order valence-electron chi connectivity index (χ1n) is 7.51. The standard InChI is InChI=1S/C15H29NO/c1-11(2)14-7-4-12(3)10-15(14)17-9-8-16-13-5-6-13/h11-16H,4-10H2,1-3H3. The van der Waals surface area contributed by atoms with E-state index in [-0.39, 0.29) is 0 Å². The third-order valence-corrected chi connectivity index (χ3v) is 4.41. The predicted molar refractivity (Wildman–Crippen MR) is 72.1 cm³/mol. The summed E-state index contributed by atoms with van der Waals surface area (Å²) in [6, 6.07) is 0.810. The van der Waals surface area contributed by atoms with Crippen LogP contribution in [0.3, 0.4) is 0 Å². The van der Waals surface area contributed by atoms with Gasteiger partial charge in [0.25, 0.3) is 0 Å². The van der Waals surface area contributed by atoms with Crippen LogP contribution in [0.4, 0.5) is 0 Å². The zero-order chi connectivity index (χ0) is 12.3. The van der Waals surface area contributed by atoms with Crippen LogP contribution in [0.25, 0.3) is 0 Å². The number of rotatable bonds is 6. The summed E-state index contributed by atoms with van der Waals surface area (Å²) in [5.41, 5.74) is 0. The molecule has 2 saturated carbocycles. The van der Waals surface area contributed by atoms with Crippen molar-refractivity contribution in [3.05, 3.63) is 0 Å². The molecule has 0 heterocycles. The van der Waals surface area contributed by atoms with Crippen LogP contribution in [0.1, 0.15) is 52.9 Å². The fourth-order valence-corrected chi connectivity index (χ4v) is 3.07. The molecule has 17 heavy (non-hydrogen) atoms. The van der Waals surface area contributed by atoms with Crippen molar-refractivity contribution in [2.24, 2.45) is 17.8 Å². The normalized spacial score (nSPS) is 34.2. The summed E-state index contributed by atoms with van der Waals surface area (Å²) in [5, 5.41) is 3.53. The Balaban J connectivity index is 1.69. The van der Waals surface area contributed by atoms with Crippen LogP contribution >= 0.6 is 0 Å². The van der Waals surface area contributed by atoms with Crippen molar-refractivity contribution >= 4 is 0 Å². The second-order valence-electron chi connectivity index (χ2n) is 6.46. The van der Waals surface area contributed by atoms with Gasteiger partial charge in [0.2, 0.25) is 0 Å². The minimum absolute atomic E-state index is 0.514. The van der Waals surface area contributed by atoms with Gasteiger partial charge in [-0.1, -0.05) is 27.2 Å². The van der Waals surface area contributed by atoms with Crippen molar-refractivity contribution in [2.45, 2.75) is 65.0 Å². The quantitative estimate of drug-likeness (QED) is 0.719. The average Bonchev–Trinajstić information content (AvgIpc) is 3.08. The first-order valence-corrected chi connectivity index (χ1v) is 7.51. The number of hydrogen-bond donors (Lipinski definition) is 1. The maximum Gasteiger partial charge on any atom is 0.0608 e. The SMILES string of the molecule is CC1CCC(C(C)C)C(OCCNC2CC2)C1. The van der Waals surface area contributed by atoms with Gasteiger partial charge in [0.05, 0.1) is 12.7 Å². The monoisotopic (exact) mass is 239 g/mol. The van der Waals surface area contributed by atoms with Gasteiger partial charge in [0, 0.05) is 12.6 Å². The highest BCUT2D eigenvalue weighted by Crippen LogP contribution is 2.35. The molecule has 0 bridgehead atoms. The lowest BCUT2D eigenvalue weighted by molar-refractivity contribution is -0.0367. The van der Waals surface area contributed by atoms with E-state index in [1.54, 1.807) is 0 Å². The fourth-order valence-electron chi connectivity index (χ4n) is 3.07. The average molecular weight is 239 g/mol. The Morgan fingerprint density at radius 3 is 2.59 bits per heavy atom. The lowest BCUT2D eigenvalue weighted by Gasteiger charge is -2.37. The van der Waals surface area contributed by atoms with Crippen molar-refractivity contribution in [1.82, 2.24) is 5.32 Å². The molecule has 0 saturated heterocycles. The lowest BCUT2D eigenvalue weighted by atomic mass is 9.75. The Hall–Kier alpha value is -0.0800. The fraction of sp³-hybridized carbons (Fsp3) is 1.00. The summed E-state index contributed by atoms with van der Waals surface area (Å²) in [5.74, 6) is 2.41. The number of nitrogens with one attached hydrogen (secondary N) is 1. The van der Waals surface area contributed by atoms with Crippen LogP contribution in [-0.4, -0.2) is 25.3 Å². The highest BCUT2D eigenvalue weighted by molar-refractivity contribution is 4.82. The maximum atomic E-state index is 6.14. The van der Waals surface area contributed by atoms with Crippen molar-refractivity contribution in [2.75, 3.05) is 13.2 Å². The molecular formula is C15H29NO. The Bertz CT molecular complexity index is 225. The summed E-state index contributed by atoms with van der Waals surface area (Å²) in [6.45, 7) is 9.01. The summed E-state index contributed by atoms with van der Waals surface area (Å²) >= 11 is 0. The number of ether oxygens (including phenoxy) is 1. The zero-order valence-electron chi connectivity index (χ0n) is 11.7. The summed E-state index contributed by atoms with van der Waals surface area (Å²) in [7, 11) is 0. The Kier molecular flexibility index (Phi) is 4.87. The van der Waals surface area contributed by atoms with Crippen molar-refractivity contribution < 1.29 is 4.74 Å². The molecule has 0 aromatic rings. The van der Waals surface area contributed by atoms with Gasteiger partial charge in [-0.2, -0.15) is 0 Å². The van der Waals surface area contributed by atoms with Crippen molar-refractivity contribution in [3.63, 3.8) is 0 Å². The van der Waals surface area contributed by atoms with Gasteiger partial charge in [-0.05, 0) is 43.4 Å². The second kappa shape index (κ2) is 6.19. The van der Waals surface area contributed by atoms with Crippen LogP contribution in [0, 0.1) is 17.8 Å². The summed E-state index contributed by atoms with van der Waals surface area (Å²) in [6.07, 6.45) is 7.28. The molecule has 0 spiro atoms. The Labute approximate surface area is 107 Å². The van der Waals surface area contributed by atoms with E-state index >= 15 is 0 Å². The molecule has 2 nitrogen and oxygen atoms in total. The second-order valence-corrected chi connectivity index (χ2v) is 6.46. The van der Waals surface area contributed by atoms with Crippen LogP contribution in [-0.2, 0) is 4.74 Å². The summed E-state index contributed by atoms with van der Waals surface area (Å²) < 4.78 is 6.14. The van der Waals surface area contributed by atoms with Crippen molar-refractivity contribution in [3.8, 4) is 0 Å². The van der Waals surface area contributed by atoms with E-state index in [2.05, 4.69) is 26.1 Å². The van der Waals surface area contributed by atoms with Gasteiger partial charge >= 0.3 is 0 Å². The molecule has 3 unspecified atom stereocenters. The first-order chi connectivity index (χ1) is 8.16. The Morgan fingerprint density at radius 1 is 1.18 bits per heavy atom. The number of hydrogen-bond acceptors (Lipinski definition) is 2. The largest absolute Gasteiger partial charge is 0.377 e. The molecule has 2 aliphatic rings. The highest BCUT2D eigenvalue weighted by Gasteiger charge is 2.31. The minimum atomic E-state index is 0.514. The topological polar surface area (TPSA) is 21.3 Å². The van der Waals surface area contributed by atoms with E-state index in [1.165, 1.54) is 32.1 Å². The predicted octanol–water partition coefficient (Wildman–Crippen LogP) is 3.22. The molecule has 2 heteroatoms. The van der Waals surface area contributed by atoms with E-state index in [4.69, 9.17) is 4.74 Å².